The van der Waals surface area contributed by atoms with Crippen molar-refractivity contribution in [1.29, 1.82) is 0 Å². The van der Waals surface area contributed by atoms with E-state index in [0.29, 0.717) is 5.46 Å². The van der Waals surface area contributed by atoms with Crippen LogP contribution in [-0.2, 0) is 0 Å². The third-order valence-corrected chi connectivity index (χ3v) is 1.53. The maximum Gasteiger partial charge on any atom is 0.280 e. The summed E-state index contributed by atoms with van der Waals surface area (Å²) in [4.78, 5) is 9.85. The first-order valence-electron chi connectivity index (χ1n) is 3.44. The molecule has 0 amide bonds. The Morgan fingerprint density at radius 1 is 1.62 bits per heavy atom. The van der Waals surface area contributed by atoms with Gasteiger partial charge in [0.2, 0.25) is 0 Å². The van der Waals surface area contributed by atoms with Gasteiger partial charge in [0.15, 0.2) is 0 Å². The van der Waals surface area contributed by atoms with Crippen molar-refractivity contribution >= 4 is 24.8 Å². The zero-order valence-electron chi connectivity index (χ0n) is 6.73. The predicted octanol–water partition coefficient (Wildman–Crippen LogP) is 0.917. The third-order valence-electron chi connectivity index (χ3n) is 1.53. The fraction of sp³-hybridized carbons (Fsp3) is 0. The van der Waals surface area contributed by atoms with Gasteiger partial charge in [-0.2, -0.15) is 0 Å². The topological polar surface area (TPSA) is 63.4 Å². The maximum absolute atomic E-state index is 10.5. The summed E-state index contributed by atoms with van der Waals surface area (Å²) < 4.78 is 0. The molecule has 13 heavy (non-hydrogen) atoms. The van der Waals surface area contributed by atoms with E-state index in [1.807, 2.05) is 0 Å². The number of hydrogen-bond donors (Lipinski definition) is 1. The predicted molar refractivity (Wildman–Crippen MR) is 50.1 cm³/mol. The minimum absolute atomic E-state index is 0.0463. The molecule has 0 heterocycles. The van der Waals surface area contributed by atoms with Gasteiger partial charge in [-0.1, -0.05) is 24.2 Å². The van der Waals surface area contributed by atoms with Gasteiger partial charge in [-0.25, -0.2) is 0 Å². The van der Waals surface area contributed by atoms with Crippen LogP contribution in [0.4, 0.5) is 5.69 Å². The van der Waals surface area contributed by atoms with Crippen LogP contribution in [0.3, 0.4) is 0 Å². The van der Waals surface area contributed by atoms with E-state index in [1.165, 1.54) is 18.2 Å². The van der Waals surface area contributed by atoms with Crippen molar-refractivity contribution in [2.24, 2.45) is 0 Å². The molecule has 5 heteroatoms. The number of aliphatic hydroxyl groups excluding tert-OH is 1. The molecule has 1 aromatic carbocycles. The summed E-state index contributed by atoms with van der Waals surface area (Å²) in [5, 5.41) is 19.5. The Morgan fingerprint density at radius 2 is 2.23 bits per heavy atom. The summed E-state index contributed by atoms with van der Waals surface area (Å²) in [6, 6.07) is 3.93. The summed E-state index contributed by atoms with van der Waals surface area (Å²) in [6.45, 7) is 3.21. The van der Waals surface area contributed by atoms with Crippen molar-refractivity contribution in [1.82, 2.24) is 0 Å². The first-order valence-corrected chi connectivity index (χ1v) is 3.44. The fourth-order valence-electron chi connectivity index (χ4n) is 0.944. The smallest absolute Gasteiger partial charge is 0.280 e. The Morgan fingerprint density at radius 3 is 2.69 bits per heavy atom. The number of nitro groups is 1. The molecule has 0 atom stereocenters. The molecule has 0 aliphatic carbocycles. The number of nitrogens with zero attached hydrogens (tertiary/aromatic N) is 1. The minimum Gasteiger partial charge on any atom is -0.508 e. The van der Waals surface area contributed by atoms with Crippen molar-refractivity contribution < 1.29 is 10.0 Å². The van der Waals surface area contributed by atoms with Gasteiger partial charge in [-0.05, 0) is 0 Å². The Labute approximate surface area is 76.1 Å². The van der Waals surface area contributed by atoms with E-state index < -0.39 is 4.92 Å². The van der Waals surface area contributed by atoms with Crippen LogP contribution in [0.5, 0.6) is 0 Å². The van der Waals surface area contributed by atoms with Crippen LogP contribution in [0.2, 0.25) is 0 Å². The van der Waals surface area contributed by atoms with Crippen LogP contribution < -0.4 is 5.46 Å². The Balaban J connectivity index is 3.35. The van der Waals surface area contributed by atoms with Gasteiger partial charge >= 0.3 is 0 Å². The lowest BCUT2D eigenvalue weighted by molar-refractivity contribution is -0.385. The molecule has 0 spiro atoms. The average molecular weight is 175 g/mol. The third kappa shape index (κ3) is 1.87. The Hall–Kier alpha value is -1.78. The largest absolute Gasteiger partial charge is 0.508 e. The number of hydrogen-bond acceptors (Lipinski definition) is 3. The highest BCUT2D eigenvalue weighted by Gasteiger charge is 2.14. The van der Waals surface area contributed by atoms with Gasteiger partial charge in [-0.3, -0.25) is 10.1 Å². The standard InChI is InChI=1S/C8H6BNO3/c1-5(11)7-4-6(9)2-3-8(7)10(12)13/h2-4,11H,1H2. The molecule has 0 aliphatic rings. The lowest BCUT2D eigenvalue weighted by Gasteiger charge is -2.01. The van der Waals surface area contributed by atoms with E-state index in [9.17, 15) is 10.1 Å². The van der Waals surface area contributed by atoms with Crippen molar-refractivity contribution in [3.63, 3.8) is 0 Å². The van der Waals surface area contributed by atoms with Gasteiger partial charge in [0, 0.05) is 6.07 Å². The van der Waals surface area contributed by atoms with Crippen LogP contribution in [0.15, 0.2) is 24.8 Å². The molecule has 0 aliphatic heterocycles. The SMILES string of the molecule is [B]c1ccc([N+](=O)[O-])c(C(=C)O)c1. The van der Waals surface area contributed by atoms with E-state index in [2.05, 4.69) is 6.58 Å². The summed E-state index contributed by atoms with van der Waals surface area (Å²) in [6.07, 6.45) is 0. The molecule has 4 nitrogen and oxygen atoms in total. The normalized spacial score (nSPS) is 9.54. The second-order valence-electron chi connectivity index (χ2n) is 2.48. The molecule has 1 N–H and O–H groups in total. The highest BCUT2D eigenvalue weighted by Crippen LogP contribution is 2.21. The molecule has 0 fully saturated rings. The molecule has 0 bridgehead atoms. The number of aliphatic hydroxyl groups is 1. The van der Waals surface area contributed by atoms with Gasteiger partial charge in [-0.15, -0.1) is 0 Å². The highest BCUT2D eigenvalue weighted by molar-refractivity contribution is 6.32. The summed E-state index contributed by atoms with van der Waals surface area (Å²) >= 11 is 0. The second-order valence-corrected chi connectivity index (χ2v) is 2.48. The first kappa shape index (κ1) is 9.31. The minimum atomic E-state index is -0.601. The van der Waals surface area contributed by atoms with Crippen LogP contribution in [-0.4, -0.2) is 17.9 Å². The van der Waals surface area contributed by atoms with E-state index in [1.54, 1.807) is 0 Å². The lowest BCUT2D eigenvalue weighted by Crippen LogP contribution is -2.05. The Bertz CT molecular complexity index is 376. The molecule has 0 unspecified atom stereocenters. The summed E-state index contributed by atoms with van der Waals surface area (Å²) in [5.74, 6) is -0.362. The highest BCUT2D eigenvalue weighted by atomic mass is 16.6. The molecular weight excluding hydrogens is 169 g/mol. The van der Waals surface area contributed by atoms with Gasteiger partial charge < -0.3 is 5.11 Å². The molecule has 0 aromatic heterocycles. The molecule has 2 radical (unpaired) electrons. The van der Waals surface area contributed by atoms with Crippen LogP contribution in [0.25, 0.3) is 5.76 Å². The Kier molecular flexibility index (Phi) is 2.37. The number of benzene rings is 1. The van der Waals surface area contributed by atoms with Crippen LogP contribution >= 0.6 is 0 Å². The van der Waals surface area contributed by atoms with Crippen molar-refractivity contribution in [3.8, 4) is 0 Å². The molecule has 64 valence electrons. The van der Waals surface area contributed by atoms with Crippen molar-refractivity contribution in [2.75, 3.05) is 0 Å². The molecule has 0 saturated carbocycles. The van der Waals surface area contributed by atoms with E-state index >= 15 is 0 Å². The summed E-state index contributed by atoms with van der Waals surface area (Å²) in [5.41, 5.74) is 0.183. The van der Waals surface area contributed by atoms with E-state index in [4.69, 9.17) is 13.0 Å². The first-order chi connectivity index (χ1) is 6.02. The average Bonchev–Trinajstić information content (AvgIpc) is 2.03. The van der Waals surface area contributed by atoms with Crippen molar-refractivity contribution in [2.45, 2.75) is 0 Å². The molecule has 1 aromatic rings. The maximum atomic E-state index is 10.5. The second kappa shape index (κ2) is 3.31. The molecular formula is C8H6BNO3. The molecule has 1 rings (SSSR count). The zero-order chi connectivity index (χ0) is 10.0. The van der Waals surface area contributed by atoms with Gasteiger partial charge in [0.25, 0.3) is 5.69 Å². The fourth-order valence-corrected chi connectivity index (χ4v) is 0.944. The lowest BCUT2D eigenvalue weighted by atomic mass is 9.93. The zero-order valence-corrected chi connectivity index (χ0v) is 6.73. The van der Waals surface area contributed by atoms with E-state index in [-0.39, 0.29) is 17.0 Å². The molecule has 0 saturated heterocycles. The van der Waals surface area contributed by atoms with Crippen LogP contribution in [0, 0.1) is 10.1 Å². The number of nitro benzene ring substituents is 1. The monoisotopic (exact) mass is 175 g/mol. The quantitative estimate of drug-likeness (QED) is 0.314. The van der Waals surface area contributed by atoms with Gasteiger partial charge in [0.05, 0.1) is 10.5 Å². The van der Waals surface area contributed by atoms with E-state index in [0.717, 1.165) is 0 Å². The van der Waals surface area contributed by atoms with Crippen LogP contribution in [0.1, 0.15) is 5.56 Å². The van der Waals surface area contributed by atoms with Gasteiger partial charge in [0.1, 0.15) is 13.6 Å². The summed E-state index contributed by atoms with van der Waals surface area (Å²) in [7, 11) is 5.39. The number of rotatable bonds is 2. The van der Waals surface area contributed by atoms with Crippen molar-refractivity contribution in [3.05, 3.63) is 40.5 Å².